The van der Waals surface area contributed by atoms with E-state index in [2.05, 4.69) is 31.1 Å². The zero-order valence-electron chi connectivity index (χ0n) is 6.42. The van der Waals surface area contributed by atoms with Crippen molar-refractivity contribution in [2.24, 2.45) is 0 Å². The molecule has 0 heterocycles. The molecule has 0 radical (unpaired) electrons. The third-order valence-electron chi connectivity index (χ3n) is 1.20. The third-order valence-corrected chi connectivity index (χ3v) is 1.48. The van der Waals surface area contributed by atoms with Crippen LogP contribution in [0, 0.1) is 0 Å². The van der Waals surface area contributed by atoms with Crippen LogP contribution in [0.5, 0.6) is 0 Å². The lowest BCUT2D eigenvalue weighted by atomic mass is 10.2. The minimum absolute atomic E-state index is 0.00727. The Bertz CT molecular complexity index is 156. The van der Waals surface area contributed by atoms with Crippen LogP contribution in [0.15, 0.2) is 25.3 Å². The molecule has 0 aromatic rings. The van der Waals surface area contributed by atoms with Crippen molar-refractivity contribution in [2.45, 2.75) is 12.5 Å². The quantitative estimate of drug-likeness (QED) is 0.472. The molecule has 0 aromatic heterocycles. The van der Waals surface area contributed by atoms with Crippen LogP contribution in [0.25, 0.3) is 0 Å². The van der Waals surface area contributed by atoms with Gasteiger partial charge in [-0.05, 0) is 6.42 Å². The fourth-order valence-electron chi connectivity index (χ4n) is 0.646. The predicted octanol–water partition coefficient (Wildman–Crippen LogP) is 1.16. The van der Waals surface area contributed by atoms with E-state index in [1.165, 1.54) is 0 Å². The topological polar surface area (TPSA) is 29.1 Å². The molecule has 1 N–H and O–H groups in total. The molecule has 0 bridgehead atoms. The van der Waals surface area contributed by atoms with E-state index in [-0.39, 0.29) is 17.7 Å². The molecule has 2 nitrogen and oxygen atoms in total. The maximum Gasteiger partial charge on any atom is 0.230 e. The van der Waals surface area contributed by atoms with Crippen LogP contribution in [-0.4, -0.2) is 17.7 Å². The van der Waals surface area contributed by atoms with Gasteiger partial charge in [0, 0.05) is 0 Å². The van der Waals surface area contributed by atoms with Crippen molar-refractivity contribution < 1.29 is 4.79 Å². The third kappa shape index (κ3) is 4.67. The number of amides is 1. The van der Waals surface area contributed by atoms with Gasteiger partial charge in [-0.15, -0.1) is 13.2 Å². The monoisotopic (exact) mass is 171 g/mol. The molecule has 0 spiro atoms. The van der Waals surface area contributed by atoms with Crippen LogP contribution in [0.3, 0.4) is 0 Å². The van der Waals surface area contributed by atoms with Crippen molar-refractivity contribution in [3.05, 3.63) is 25.3 Å². The maximum atomic E-state index is 10.8. The predicted molar refractivity (Wildman–Crippen MR) is 50.8 cm³/mol. The molecule has 0 aromatic carbocycles. The SMILES string of the molecule is C=CCC(C=C)NC(=O)CS. The van der Waals surface area contributed by atoms with Crippen molar-refractivity contribution in [2.75, 3.05) is 5.75 Å². The Morgan fingerprint density at radius 3 is 2.64 bits per heavy atom. The molecule has 0 fully saturated rings. The van der Waals surface area contributed by atoms with Crippen molar-refractivity contribution in [1.29, 1.82) is 0 Å². The Morgan fingerprint density at radius 1 is 1.64 bits per heavy atom. The zero-order valence-corrected chi connectivity index (χ0v) is 7.31. The zero-order chi connectivity index (χ0) is 8.69. The van der Waals surface area contributed by atoms with E-state index in [0.717, 1.165) is 0 Å². The van der Waals surface area contributed by atoms with E-state index < -0.39 is 0 Å². The van der Waals surface area contributed by atoms with Crippen LogP contribution in [0.4, 0.5) is 0 Å². The number of rotatable bonds is 5. The Kier molecular flexibility index (Phi) is 5.65. The minimum atomic E-state index is -0.0833. The molecule has 1 atom stereocenters. The molecular formula is C8H13NOS. The fraction of sp³-hybridized carbons (Fsp3) is 0.375. The van der Waals surface area contributed by atoms with E-state index in [1.54, 1.807) is 12.2 Å². The summed E-state index contributed by atoms with van der Waals surface area (Å²) in [6, 6.07) is -0.00727. The van der Waals surface area contributed by atoms with E-state index in [9.17, 15) is 4.79 Å². The number of carbonyl (C=O) groups excluding carboxylic acids is 1. The number of carbonyl (C=O) groups is 1. The highest BCUT2D eigenvalue weighted by Gasteiger charge is 2.03. The number of hydrogen-bond acceptors (Lipinski definition) is 2. The van der Waals surface area contributed by atoms with Gasteiger partial charge < -0.3 is 5.32 Å². The van der Waals surface area contributed by atoms with Gasteiger partial charge >= 0.3 is 0 Å². The Labute approximate surface area is 72.8 Å². The number of thiol groups is 1. The lowest BCUT2D eigenvalue weighted by Gasteiger charge is -2.10. The second-order valence-corrected chi connectivity index (χ2v) is 2.41. The van der Waals surface area contributed by atoms with Crippen LogP contribution in [-0.2, 0) is 4.79 Å². The highest BCUT2D eigenvalue weighted by atomic mass is 32.1. The molecule has 1 unspecified atom stereocenters. The number of hydrogen-bond donors (Lipinski definition) is 2. The molecule has 0 rings (SSSR count). The summed E-state index contributed by atoms with van der Waals surface area (Å²) in [4.78, 5) is 10.8. The first kappa shape index (κ1) is 10.3. The highest BCUT2D eigenvalue weighted by Crippen LogP contribution is 1.93. The average molecular weight is 171 g/mol. The molecule has 11 heavy (non-hydrogen) atoms. The van der Waals surface area contributed by atoms with Crippen LogP contribution >= 0.6 is 12.6 Å². The lowest BCUT2D eigenvalue weighted by Crippen LogP contribution is -2.33. The van der Waals surface area contributed by atoms with E-state index in [1.807, 2.05) is 0 Å². The van der Waals surface area contributed by atoms with Gasteiger partial charge in [-0.2, -0.15) is 12.6 Å². The second-order valence-electron chi connectivity index (χ2n) is 2.09. The molecule has 0 saturated heterocycles. The summed E-state index contributed by atoms with van der Waals surface area (Å²) in [6.07, 6.45) is 4.14. The smallest absolute Gasteiger partial charge is 0.230 e. The molecule has 1 amide bonds. The van der Waals surface area contributed by atoms with Crippen molar-refractivity contribution in [3.8, 4) is 0 Å². The molecule has 62 valence electrons. The van der Waals surface area contributed by atoms with Gasteiger partial charge in [0.05, 0.1) is 11.8 Å². The summed E-state index contributed by atoms with van der Waals surface area (Å²) in [7, 11) is 0. The van der Waals surface area contributed by atoms with E-state index >= 15 is 0 Å². The summed E-state index contributed by atoms with van der Waals surface area (Å²) in [6.45, 7) is 7.14. The molecule has 3 heteroatoms. The molecule has 0 saturated carbocycles. The Morgan fingerprint density at radius 2 is 2.27 bits per heavy atom. The first-order chi connectivity index (χ1) is 5.24. The molecule has 0 aliphatic rings. The van der Waals surface area contributed by atoms with Gasteiger partial charge in [0.2, 0.25) is 5.91 Å². The van der Waals surface area contributed by atoms with Gasteiger partial charge in [-0.25, -0.2) is 0 Å². The van der Waals surface area contributed by atoms with Gasteiger partial charge in [0.1, 0.15) is 0 Å². The molecular weight excluding hydrogens is 158 g/mol. The summed E-state index contributed by atoms with van der Waals surface area (Å²) < 4.78 is 0. The van der Waals surface area contributed by atoms with Crippen molar-refractivity contribution in [1.82, 2.24) is 5.32 Å². The van der Waals surface area contributed by atoms with Crippen molar-refractivity contribution >= 4 is 18.5 Å². The summed E-state index contributed by atoms with van der Waals surface area (Å²) in [5.74, 6) is 0.127. The maximum absolute atomic E-state index is 10.8. The first-order valence-corrected chi connectivity index (χ1v) is 4.01. The molecule has 0 aliphatic heterocycles. The van der Waals surface area contributed by atoms with E-state index in [0.29, 0.717) is 6.42 Å². The highest BCUT2D eigenvalue weighted by molar-refractivity contribution is 7.81. The fourth-order valence-corrected chi connectivity index (χ4v) is 0.737. The van der Waals surface area contributed by atoms with Crippen LogP contribution in [0.1, 0.15) is 6.42 Å². The van der Waals surface area contributed by atoms with Gasteiger partial charge in [0.25, 0.3) is 0 Å². The van der Waals surface area contributed by atoms with Crippen molar-refractivity contribution in [3.63, 3.8) is 0 Å². The largest absolute Gasteiger partial charge is 0.349 e. The van der Waals surface area contributed by atoms with E-state index in [4.69, 9.17) is 0 Å². The van der Waals surface area contributed by atoms with Gasteiger partial charge in [-0.3, -0.25) is 4.79 Å². The Hall–Kier alpha value is -0.700. The standard InChI is InChI=1S/C8H13NOS/c1-3-5-7(4-2)9-8(10)6-11/h3-4,7,11H,1-2,5-6H2,(H,9,10). The van der Waals surface area contributed by atoms with Crippen LogP contribution < -0.4 is 5.32 Å². The lowest BCUT2D eigenvalue weighted by molar-refractivity contribution is -0.118. The summed E-state index contributed by atoms with van der Waals surface area (Å²) >= 11 is 3.82. The summed E-state index contributed by atoms with van der Waals surface area (Å²) in [5.41, 5.74) is 0. The minimum Gasteiger partial charge on any atom is -0.349 e. The summed E-state index contributed by atoms with van der Waals surface area (Å²) in [5, 5.41) is 2.71. The van der Waals surface area contributed by atoms with Crippen LogP contribution in [0.2, 0.25) is 0 Å². The van der Waals surface area contributed by atoms with Gasteiger partial charge in [-0.1, -0.05) is 12.2 Å². The molecule has 0 aliphatic carbocycles. The Balaban J connectivity index is 3.76. The second kappa shape index (κ2) is 6.04. The average Bonchev–Trinajstić information content (AvgIpc) is 2.03. The normalized spacial score (nSPS) is 11.7. The van der Waals surface area contributed by atoms with Gasteiger partial charge in [0.15, 0.2) is 0 Å². The number of nitrogens with one attached hydrogen (secondary N) is 1. The first-order valence-electron chi connectivity index (χ1n) is 3.38.